The average Bonchev–Trinajstić information content (AvgIpc) is 2.63. The summed E-state index contributed by atoms with van der Waals surface area (Å²) in [5.74, 6) is 0.786. The number of hydrogen-bond donors (Lipinski definition) is 1. The van der Waals surface area contributed by atoms with Crippen LogP contribution in [0.3, 0.4) is 0 Å². The average molecular weight is 337 g/mol. The van der Waals surface area contributed by atoms with Crippen LogP contribution in [-0.2, 0) is 4.74 Å². The second-order valence-electron chi connectivity index (χ2n) is 9.33. The molecule has 24 heavy (non-hydrogen) atoms. The first-order valence-electron chi connectivity index (χ1n) is 10.1. The van der Waals surface area contributed by atoms with Crippen LogP contribution in [0.1, 0.15) is 85.5 Å². The maximum absolute atomic E-state index is 12.6. The van der Waals surface area contributed by atoms with Crippen molar-refractivity contribution < 1.29 is 9.53 Å². The van der Waals surface area contributed by atoms with E-state index >= 15 is 0 Å². The van der Waals surface area contributed by atoms with Crippen molar-refractivity contribution in [1.82, 2.24) is 10.2 Å². The Morgan fingerprint density at radius 1 is 1.00 bits per heavy atom. The van der Waals surface area contributed by atoms with Gasteiger partial charge in [0.2, 0.25) is 0 Å². The fourth-order valence-corrected chi connectivity index (χ4v) is 4.97. The van der Waals surface area contributed by atoms with Gasteiger partial charge in [0.15, 0.2) is 0 Å². The van der Waals surface area contributed by atoms with Crippen molar-refractivity contribution in [1.29, 1.82) is 0 Å². The van der Waals surface area contributed by atoms with Crippen molar-refractivity contribution in [2.45, 2.75) is 115 Å². The first-order chi connectivity index (χ1) is 11.3. The molecule has 3 fully saturated rings. The summed E-state index contributed by atoms with van der Waals surface area (Å²) in [5.41, 5.74) is -0.401. The van der Waals surface area contributed by atoms with E-state index < -0.39 is 5.60 Å². The van der Waals surface area contributed by atoms with Crippen LogP contribution in [0.15, 0.2) is 0 Å². The molecule has 0 aromatic rings. The quantitative estimate of drug-likeness (QED) is 0.756. The lowest BCUT2D eigenvalue weighted by molar-refractivity contribution is 0.00391. The Morgan fingerprint density at radius 2 is 1.62 bits per heavy atom. The molecule has 4 atom stereocenters. The number of ether oxygens (including phenoxy) is 1. The number of piperidine rings is 1. The van der Waals surface area contributed by atoms with Crippen molar-refractivity contribution in [3.8, 4) is 0 Å². The predicted octanol–water partition coefficient (Wildman–Crippen LogP) is 4.48. The maximum atomic E-state index is 12.6. The molecular formula is C20H36N2O2. The number of nitrogens with one attached hydrogen (secondary N) is 1. The Balaban J connectivity index is 1.57. The van der Waals surface area contributed by atoms with Gasteiger partial charge in [-0.05, 0) is 65.2 Å². The normalized spacial score (nSPS) is 37.2. The van der Waals surface area contributed by atoms with E-state index in [1.165, 1.54) is 32.1 Å². The summed E-state index contributed by atoms with van der Waals surface area (Å²) in [7, 11) is 0. The second-order valence-corrected chi connectivity index (χ2v) is 9.33. The topological polar surface area (TPSA) is 41.6 Å². The predicted molar refractivity (Wildman–Crippen MR) is 97.1 cm³/mol. The smallest absolute Gasteiger partial charge is 0.410 e. The van der Waals surface area contributed by atoms with E-state index in [9.17, 15) is 4.79 Å². The summed E-state index contributed by atoms with van der Waals surface area (Å²) in [6.07, 6.45) is 11.2. The molecule has 0 radical (unpaired) electrons. The summed E-state index contributed by atoms with van der Waals surface area (Å²) in [5, 5.41) is 3.98. The molecule has 1 aliphatic carbocycles. The van der Waals surface area contributed by atoms with E-state index in [1.54, 1.807) is 0 Å². The van der Waals surface area contributed by atoms with Crippen LogP contribution in [-0.4, -0.2) is 40.8 Å². The Kier molecular flexibility index (Phi) is 5.43. The molecule has 4 heteroatoms. The zero-order chi connectivity index (χ0) is 17.3. The molecule has 0 aromatic heterocycles. The third-order valence-electron chi connectivity index (χ3n) is 6.15. The molecule has 138 valence electrons. The van der Waals surface area contributed by atoms with Gasteiger partial charge in [-0.3, -0.25) is 0 Å². The molecule has 2 bridgehead atoms. The summed E-state index contributed by atoms with van der Waals surface area (Å²) >= 11 is 0. The van der Waals surface area contributed by atoms with Gasteiger partial charge in [0, 0.05) is 24.2 Å². The zero-order valence-corrected chi connectivity index (χ0v) is 16.0. The van der Waals surface area contributed by atoms with Gasteiger partial charge in [-0.2, -0.15) is 0 Å². The van der Waals surface area contributed by atoms with Crippen molar-refractivity contribution in [3.05, 3.63) is 0 Å². The number of amides is 1. The molecule has 3 aliphatic rings. The lowest BCUT2D eigenvalue weighted by Crippen LogP contribution is -2.54. The van der Waals surface area contributed by atoms with Gasteiger partial charge in [-0.25, -0.2) is 4.79 Å². The van der Waals surface area contributed by atoms with Crippen LogP contribution in [0, 0.1) is 5.92 Å². The summed E-state index contributed by atoms with van der Waals surface area (Å²) in [6, 6.07) is 1.99. The van der Waals surface area contributed by atoms with E-state index in [0.29, 0.717) is 24.2 Å². The van der Waals surface area contributed by atoms with Gasteiger partial charge in [0.1, 0.15) is 5.60 Å². The van der Waals surface area contributed by atoms with Crippen LogP contribution < -0.4 is 5.32 Å². The van der Waals surface area contributed by atoms with Gasteiger partial charge in [0.25, 0.3) is 0 Å². The molecule has 0 aromatic carbocycles. The van der Waals surface area contributed by atoms with Crippen LogP contribution in [0.4, 0.5) is 4.79 Å². The molecular weight excluding hydrogens is 300 g/mol. The minimum Gasteiger partial charge on any atom is -0.444 e. The zero-order valence-electron chi connectivity index (χ0n) is 16.0. The second kappa shape index (κ2) is 7.23. The third kappa shape index (κ3) is 4.25. The molecule has 0 spiro atoms. The first-order valence-corrected chi connectivity index (χ1v) is 10.1. The van der Waals surface area contributed by atoms with Gasteiger partial charge < -0.3 is 15.0 Å². The van der Waals surface area contributed by atoms with Crippen molar-refractivity contribution in [3.63, 3.8) is 0 Å². The summed E-state index contributed by atoms with van der Waals surface area (Å²) in [4.78, 5) is 14.6. The number of carbonyl (C=O) groups is 1. The Hall–Kier alpha value is -0.770. The number of hydrogen-bond acceptors (Lipinski definition) is 3. The summed E-state index contributed by atoms with van der Waals surface area (Å²) in [6.45, 7) is 8.27. The third-order valence-corrected chi connectivity index (χ3v) is 6.15. The van der Waals surface area contributed by atoms with Gasteiger partial charge >= 0.3 is 6.09 Å². The monoisotopic (exact) mass is 336 g/mol. The summed E-state index contributed by atoms with van der Waals surface area (Å²) < 4.78 is 5.64. The van der Waals surface area contributed by atoms with Crippen LogP contribution in [0.2, 0.25) is 0 Å². The molecule has 1 amide bonds. The Morgan fingerprint density at radius 3 is 2.25 bits per heavy atom. The van der Waals surface area contributed by atoms with Crippen LogP contribution in [0.25, 0.3) is 0 Å². The standard InChI is InChI=1S/C20H36N2O2/c1-14-8-6-5-7-9-18(14)21-15-12-16-10-11-17(13-15)22(16)19(23)24-20(2,3)4/h14-18,21H,5-13H2,1-4H3. The molecule has 1 saturated carbocycles. The van der Waals surface area contributed by atoms with E-state index in [2.05, 4.69) is 17.1 Å². The highest BCUT2D eigenvalue weighted by atomic mass is 16.6. The fourth-order valence-electron chi connectivity index (χ4n) is 4.97. The molecule has 2 aliphatic heterocycles. The number of fused-ring (bicyclic) bond motifs is 2. The number of carbonyl (C=O) groups excluding carboxylic acids is 1. The van der Waals surface area contributed by atoms with Gasteiger partial charge in [-0.15, -0.1) is 0 Å². The maximum Gasteiger partial charge on any atom is 0.410 e. The largest absolute Gasteiger partial charge is 0.444 e. The lowest BCUT2D eigenvalue weighted by Gasteiger charge is -2.41. The van der Waals surface area contributed by atoms with Gasteiger partial charge in [0.05, 0.1) is 0 Å². The number of rotatable bonds is 2. The molecule has 2 heterocycles. The molecule has 2 saturated heterocycles. The van der Waals surface area contributed by atoms with E-state index in [-0.39, 0.29) is 6.09 Å². The highest BCUT2D eigenvalue weighted by Gasteiger charge is 2.45. The van der Waals surface area contributed by atoms with Gasteiger partial charge in [-0.1, -0.05) is 26.2 Å². The molecule has 1 N–H and O–H groups in total. The van der Waals surface area contributed by atoms with Crippen molar-refractivity contribution >= 4 is 6.09 Å². The van der Waals surface area contributed by atoms with Crippen LogP contribution >= 0.6 is 0 Å². The van der Waals surface area contributed by atoms with Crippen molar-refractivity contribution in [2.75, 3.05) is 0 Å². The van der Waals surface area contributed by atoms with E-state index in [1.807, 2.05) is 20.8 Å². The minimum absolute atomic E-state index is 0.101. The highest BCUT2D eigenvalue weighted by molar-refractivity contribution is 5.69. The molecule has 4 nitrogen and oxygen atoms in total. The molecule has 4 unspecified atom stereocenters. The Labute approximate surface area is 147 Å². The molecule has 3 rings (SSSR count). The first kappa shape index (κ1) is 18.0. The highest BCUT2D eigenvalue weighted by Crippen LogP contribution is 2.37. The van der Waals surface area contributed by atoms with Crippen LogP contribution in [0.5, 0.6) is 0 Å². The SMILES string of the molecule is CC1CCCCCC1NC1CC2CCC(C1)N2C(=O)OC(C)(C)C. The fraction of sp³-hybridized carbons (Fsp3) is 0.950. The Bertz CT molecular complexity index is 431. The van der Waals surface area contributed by atoms with E-state index in [4.69, 9.17) is 4.74 Å². The van der Waals surface area contributed by atoms with Crippen molar-refractivity contribution in [2.24, 2.45) is 5.92 Å². The number of nitrogens with zero attached hydrogens (tertiary/aromatic N) is 1. The lowest BCUT2D eigenvalue weighted by atomic mass is 9.92. The minimum atomic E-state index is -0.401. The van der Waals surface area contributed by atoms with E-state index in [0.717, 1.165) is 31.6 Å².